The van der Waals surface area contributed by atoms with Crippen LogP contribution in [0.25, 0.3) is 11.3 Å². The molecule has 122 valence electrons. The molecular formula is C19H19N3O2. The van der Waals surface area contributed by atoms with E-state index in [1.807, 2.05) is 73.5 Å². The molecule has 1 aromatic heterocycles. The average Bonchev–Trinajstić information content (AvgIpc) is 3.04. The van der Waals surface area contributed by atoms with Gasteiger partial charge in [0.1, 0.15) is 5.69 Å². The number of amides is 1. The quantitative estimate of drug-likeness (QED) is 0.778. The Morgan fingerprint density at radius 2 is 1.83 bits per heavy atom. The number of anilines is 2. The number of nitrogens with zero attached hydrogens (tertiary/aromatic N) is 2. The zero-order chi connectivity index (χ0) is 16.9. The molecule has 5 nitrogen and oxygen atoms in total. The molecule has 1 heterocycles. The molecule has 0 aliphatic rings. The number of aromatic nitrogens is 1. The second-order valence-corrected chi connectivity index (χ2v) is 5.68. The van der Waals surface area contributed by atoms with Gasteiger partial charge in [0.25, 0.3) is 0 Å². The highest BCUT2D eigenvalue weighted by molar-refractivity contribution is 5.93. The van der Waals surface area contributed by atoms with Gasteiger partial charge < -0.3 is 9.42 Å². The molecule has 3 aromatic rings. The van der Waals surface area contributed by atoms with Gasteiger partial charge in [-0.2, -0.15) is 0 Å². The zero-order valence-corrected chi connectivity index (χ0v) is 13.7. The van der Waals surface area contributed by atoms with Gasteiger partial charge >= 0.3 is 0 Å². The van der Waals surface area contributed by atoms with Crippen molar-refractivity contribution in [3.8, 4) is 11.3 Å². The van der Waals surface area contributed by atoms with Gasteiger partial charge in [0, 0.05) is 24.4 Å². The molecule has 24 heavy (non-hydrogen) atoms. The summed E-state index contributed by atoms with van der Waals surface area (Å²) in [7, 11) is 1.87. The van der Waals surface area contributed by atoms with E-state index in [0.717, 1.165) is 11.3 Å². The molecule has 0 aliphatic carbocycles. The number of para-hydroxylation sites is 1. The molecule has 0 radical (unpaired) electrons. The van der Waals surface area contributed by atoms with Crippen LogP contribution in [-0.4, -0.2) is 24.7 Å². The maximum absolute atomic E-state index is 12.1. The standard InChI is InChI=1S/C19H19N3O2/c1-14-8-10-15(11-9-14)17-12-19(24-21-17)20-18(23)13-22(2)16-6-4-3-5-7-16/h3-12H,13H2,1-2H3,(H,20,23). The molecule has 1 N–H and O–H groups in total. The van der Waals surface area contributed by atoms with E-state index in [-0.39, 0.29) is 12.5 Å². The van der Waals surface area contributed by atoms with Crippen LogP contribution in [0.3, 0.4) is 0 Å². The van der Waals surface area contributed by atoms with E-state index < -0.39 is 0 Å². The summed E-state index contributed by atoms with van der Waals surface area (Å²) in [5.74, 6) is 0.185. The minimum absolute atomic E-state index is 0.159. The topological polar surface area (TPSA) is 58.4 Å². The van der Waals surface area contributed by atoms with E-state index in [1.54, 1.807) is 6.07 Å². The highest BCUT2D eigenvalue weighted by atomic mass is 16.5. The van der Waals surface area contributed by atoms with Gasteiger partial charge in [0.15, 0.2) is 0 Å². The first-order valence-corrected chi connectivity index (χ1v) is 7.71. The number of carbonyl (C=O) groups is 1. The third-order valence-electron chi connectivity index (χ3n) is 3.70. The predicted octanol–water partition coefficient (Wildman–Crippen LogP) is 3.72. The van der Waals surface area contributed by atoms with Crippen LogP contribution >= 0.6 is 0 Å². The maximum atomic E-state index is 12.1. The number of hydrogen-bond acceptors (Lipinski definition) is 4. The molecule has 0 unspecified atom stereocenters. The normalized spacial score (nSPS) is 10.4. The average molecular weight is 321 g/mol. The van der Waals surface area contributed by atoms with Gasteiger partial charge in [-0.15, -0.1) is 0 Å². The number of nitrogens with one attached hydrogen (secondary N) is 1. The SMILES string of the molecule is Cc1ccc(-c2cc(NC(=O)CN(C)c3ccccc3)on2)cc1. The van der Waals surface area contributed by atoms with Gasteiger partial charge in [-0.1, -0.05) is 53.2 Å². The summed E-state index contributed by atoms with van der Waals surface area (Å²) in [5, 5.41) is 6.74. The van der Waals surface area contributed by atoms with E-state index in [0.29, 0.717) is 11.6 Å². The summed E-state index contributed by atoms with van der Waals surface area (Å²) < 4.78 is 5.21. The number of rotatable bonds is 5. The molecule has 0 atom stereocenters. The Morgan fingerprint density at radius 3 is 2.54 bits per heavy atom. The number of hydrogen-bond donors (Lipinski definition) is 1. The van der Waals surface area contributed by atoms with Crippen molar-refractivity contribution in [1.82, 2.24) is 5.16 Å². The molecule has 2 aromatic carbocycles. The molecular weight excluding hydrogens is 302 g/mol. The Morgan fingerprint density at radius 1 is 1.12 bits per heavy atom. The summed E-state index contributed by atoms with van der Waals surface area (Å²) >= 11 is 0. The van der Waals surface area contributed by atoms with Crippen LogP contribution in [0.1, 0.15) is 5.56 Å². The minimum Gasteiger partial charge on any atom is -0.365 e. The fraction of sp³-hybridized carbons (Fsp3) is 0.158. The van der Waals surface area contributed by atoms with Gasteiger partial charge in [0.2, 0.25) is 11.8 Å². The van der Waals surface area contributed by atoms with Crippen LogP contribution in [-0.2, 0) is 4.79 Å². The first-order chi connectivity index (χ1) is 11.6. The van der Waals surface area contributed by atoms with Crippen molar-refractivity contribution < 1.29 is 9.32 Å². The fourth-order valence-corrected chi connectivity index (χ4v) is 2.36. The minimum atomic E-state index is -0.159. The highest BCUT2D eigenvalue weighted by Gasteiger charge is 2.11. The molecule has 0 aliphatic heterocycles. The number of likely N-dealkylation sites (N-methyl/N-ethyl adjacent to an activating group) is 1. The lowest BCUT2D eigenvalue weighted by Gasteiger charge is -2.17. The molecule has 0 bridgehead atoms. The number of carbonyl (C=O) groups excluding carboxylic acids is 1. The smallest absolute Gasteiger partial charge is 0.246 e. The van der Waals surface area contributed by atoms with Gasteiger partial charge in [-0.25, -0.2) is 0 Å². The van der Waals surface area contributed by atoms with Gasteiger partial charge in [-0.3, -0.25) is 10.1 Å². The van der Waals surface area contributed by atoms with E-state index in [1.165, 1.54) is 5.56 Å². The molecule has 5 heteroatoms. The third kappa shape index (κ3) is 3.81. The molecule has 0 spiro atoms. The summed E-state index contributed by atoms with van der Waals surface area (Å²) in [6.07, 6.45) is 0. The highest BCUT2D eigenvalue weighted by Crippen LogP contribution is 2.22. The van der Waals surface area contributed by atoms with Gasteiger partial charge in [0.05, 0.1) is 6.54 Å². The van der Waals surface area contributed by atoms with Crippen LogP contribution in [0.4, 0.5) is 11.6 Å². The molecule has 0 saturated heterocycles. The van der Waals surface area contributed by atoms with E-state index >= 15 is 0 Å². The fourth-order valence-electron chi connectivity index (χ4n) is 2.36. The van der Waals surface area contributed by atoms with Crippen molar-refractivity contribution in [2.24, 2.45) is 0 Å². The van der Waals surface area contributed by atoms with E-state index in [4.69, 9.17) is 4.52 Å². The second kappa shape index (κ2) is 7.00. The van der Waals surface area contributed by atoms with Crippen molar-refractivity contribution in [2.75, 3.05) is 23.8 Å². The van der Waals surface area contributed by atoms with Crippen LogP contribution in [0.5, 0.6) is 0 Å². The van der Waals surface area contributed by atoms with Crippen LogP contribution in [0, 0.1) is 6.92 Å². The van der Waals surface area contributed by atoms with Crippen molar-refractivity contribution in [3.63, 3.8) is 0 Å². The summed E-state index contributed by atoms with van der Waals surface area (Å²) in [5.41, 5.74) is 3.80. The number of benzene rings is 2. The Balaban J connectivity index is 1.62. The Bertz CT molecular complexity index is 810. The van der Waals surface area contributed by atoms with Crippen molar-refractivity contribution >= 4 is 17.5 Å². The maximum Gasteiger partial charge on any atom is 0.246 e. The summed E-state index contributed by atoms with van der Waals surface area (Å²) in [6, 6.07) is 19.4. The van der Waals surface area contributed by atoms with Gasteiger partial charge in [-0.05, 0) is 19.1 Å². The third-order valence-corrected chi connectivity index (χ3v) is 3.70. The molecule has 0 fully saturated rings. The number of aryl methyl sites for hydroxylation is 1. The zero-order valence-electron chi connectivity index (χ0n) is 13.7. The predicted molar refractivity (Wildman–Crippen MR) is 95.0 cm³/mol. The Labute approximate surface area is 140 Å². The Hall–Kier alpha value is -3.08. The van der Waals surface area contributed by atoms with Crippen LogP contribution < -0.4 is 10.2 Å². The van der Waals surface area contributed by atoms with E-state index in [9.17, 15) is 4.79 Å². The Kier molecular flexibility index (Phi) is 4.61. The van der Waals surface area contributed by atoms with Crippen molar-refractivity contribution in [3.05, 3.63) is 66.2 Å². The second-order valence-electron chi connectivity index (χ2n) is 5.68. The van der Waals surface area contributed by atoms with Crippen LogP contribution in [0.15, 0.2) is 65.2 Å². The van der Waals surface area contributed by atoms with Crippen molar-refractivity contribution in [1.29, 1.82) is 0 Å². The van der Waals surface area contributed by atoms with Crippen LogP contribution in [0.2, 0.25) is 0 Å². The lowest BCUT2D eigenvalue weighted by molar-refractivity contribution is -0.115. The molecule has 3 rings (SSSR count). The largest absolute Gasteiger partial charge is 0.365 e. The monoisotopic (exact) mass is 321 g/mol. The first-order valence-electron chi connectivity index (χ1n) is 7.71. The molecule has 0 saturated carbocycles. The first kappa shape index (κ1) is 15.8. The summed E-state index contributed by atoms with van der Waals surface area (Å²) in [6.45, 7) is 2.26. The van der Waals surface area contributed by atoms with E-state index in [2.05, 4.69) is 10.5 Å². The van der Waals surface area contributed by atoms with Crippen molar-refractivity contribution in [2.45, 2.75) is 6.92 Å². The lowest BCUT2D eigenvalue weighted by Crippen LogP contribution is -2.29. The lowest BCUT2D eigenvalue weighted by atomic mass is 10.1. The molecule has 1 amide bonds. The summed E-state index contributed by atoms with van der Waals surface area (Å²) in [4.78, 5) is 14.0.